The van der Waals surface area contributed by atoms with Crippen molar-refractivity contribution >= 4 is 21.9 Å². The highest BCUT2D eigenvalue weighted by atomic mass is 79.9. The van der Waals surface area contributed by atoms with Crippen molar-refractivity contribution in [2.75, 3.05) is 6.79 Å². The van der Waals surface area contributed by atoms with Crippen molar-refractivity contribution in [3.63, 3.8) is 0 Å². The predicted octanol–water partition coefficient (Wildman–Crippen LogP) is 3.65. The molecule has 3 rings (SSSR count). The van der Waals surface area contributed by atoms with Crippen molar-refractivity contribution < 1.29 is 23.9 Å². The Balaban J connectivity index is 2.21. The molecule has 2 heterocycles. The molecule has 0 atom stereocenters. The van der Waals surface area contributed by atoms with Crippen LogP contribution in [0.4, 0.5) is 0 Å². The fourth-order valence-electron chi connectivity index (χ4n) is 2.30. The first-order chi connectivity index (χ1) is 9.99. The molecule has 6 nitrogen and oxygen atoms in total. The molecule has 0 aliphatic carbocycles. The smallest absolute Gasteiger partial charge is 0.374 e. The lowest BCUT2D eigenvalue weighted by atomic mass is 9.94. The summed E-state index contributed by atoms with van der Waals surface area (Å²) in [7, 11) is 0. The van der Waals surface area contributed by atoms with Gasteiger partial charge >= 0.3 is 5.97 Å². The third-order valence-corrected chi connectivity index (χ3v) is 4.00. The number of carboxylic acid groups (broad SMARTS) is 1. The van der Waals surface area contributed by atoms with E-state index in [0.29, 0.717) is 17.2 Å². The summed E-state index contributed by atoms with van der Waals surface area (Å²) in [5.74, 6) is 0.0764. The van der Waals surface area contributed by atoms with Crippen LogP contribution in [0.5, 0.6) is 11.5 Å². The second-order valence-corrected chi connectivity index (χ2v) is 5.71. The lowest BCUT2D eigenvalue weighted by molar-refractivity contribution is 0.0652. The van der Waals surface area contributed by atoms with Gasteiger partial charge in [-0.1, -0.05) is 19.0 Å². The van der Waals surface area contributed by atoms with E-state index in [0.717, 1.165) is 15.6 Å². The number of hydrogen-bond acceptors (Lipinski definition) is 5. The molecule has 0 saturated heterocycles. The minimum absolute atomic E-state index is 0.161. The first-order valence-corrected chi connectivity index (χ1v) is 7.10. The number of aromatic nitrogens is 1. The maximum Gasteiger partial charge on any atom is 0.374 e. The Kier molecular flexibility index (Phi) is 3.36. The number of aromatic carboxylic acids is 1. The van der Waals surface area contributed by atoms with Crippen LogP contribution < -0.4 is 9.47 Å². The average molecular weight is 354 g/mol. The van der Waals surface area contributed by atoms with Crippen molar-refractivity contribution in [3.05, 3.63) is 27.9 Å². The average Bonchev–Trinajstić information content (AvgIpc) is 3.06. The molecule has 21 heavy (non-hydrogen) atoms. The summed E-state index contributed by atoms with van der Waals surface area (Å²) in [4.78, 5) is 10.9. The lowest BCUT2D eigenvalue weighted by Crippen LogP contribution is -1.96. The Labute approximate surface area is 128 Å². The molecule has 7 heteroatoms. The summed E-state index contributed by atoms with van der Waals surface area (Å²) in [6.45, 7) is 4.22. The third-order valence-electron chi connectivity index (χ3n) is 3.22. The summed E-state index contributed by atoms with van der Waals surface area (Å²) in [5, 5.41) is 12.8. The Hall–Kier alpha value is -2.02. The molecule has 1 aliphatic rings. The first-order valence-electron chi connectivity index (χ1n) is 6.31. The van der Waals surface area contributed by atoms with Gasteiger partial charge in [0.05, 0.1) is 4.47 Å². The second kappa shape index (κ2) is 5.07. The number of carboxylic acids is 1. The maximum atomic E-state index is 10.9. The van der Waals surface area contributed by atoms with Crippen molar-refractivity contribution in [3.8, 4) is 22.8 Å². The summed E-state index contributed by atoms with van der Waals surface area (Å²) in [6, 6.07) is 3.20. The largest absolute Gasteiger partial charge is 0.475 e. The molecule has 0 saturated carbocycles. The fraction of sp³-hybridized carbons (Fsp3) is 0.286. The van der Waals surface area contributed by atoms with Crippen LogP contribution in [0, 0.1) is 0 Å². The van der Waals surface area contributed by atoms with Crippen LogP contribution in [0.1, 0.15) is 35.9 Å². The molecular formula is C14H12BrNO5. The minimum Gasteiger partial charge on any atom is -0.475 e. The summed E-state index contributed by atoms with van der Waals surface area (Å²) in [5.41, 5.74) is 2.18. The van der Waals surface area contributed by atoms with Gasteiger partial charge in [0.25, 0.3) is 0 Å². The topological polar surface area (TPSA) is 81.8 Å². The highest BCUT2D eigenvalue weighted by Crippen LogP contribution is 2.47. The van der Waals surface area contributed by atoms with Crippen LogP contribution in [0.25, 0.3) is 11.3 Å². The van der Waals surface area contributed by atoms with Gasteiger partial charge in [-0.05, 0) is 33.5 Å². The molecule has 1 aromatic heterocycles. The molecule has 110 valence electrons. The number of hydrogen-bond donors (Lipinski definition) is 1. The molecule has 0 fully saturated rings. The van der Waals surface area contributed by atoms with Gasteiger partial charge in [-0.2, -0.15) is 0 Å². The van der Waals surface area contributed by atoms with Crippen LogP contribution in [0.2, 0.25) is 0 Å². The number of ether oxygens (including phenoxy) is 2. The van der Waals surface area contributed by atoms with Gasteiger partial charge in [0.1, 0.15) is 5.69 Å². The number of carbonyl (C=O) groups is 1. The van der Waals surface area contributed by atoms with Gasteiger partial charge in [0, 0.05) is 11.6 Å². The SMILES string of the molecule is CC(C)c1c(-c2cc(C(=O)O)on2)cc2c(c1Br)OCO2. The number of nitrogens with zero attached hydrogens (tertiary/aromatic N) is 1. The standard InChI is InChI=1S/C14H12BrNO5/c1-6(2)11-7(8-4-10(14(17)18)21-16-8)3-9-13(12(11)15)20-5-19-9/h3-4,6H,5H2,1-2H3,(H,17,18). The third kappa shape index (κ3) is 2.27. The number of rotatable bonds is 3. The molecule has 1 N–H and O–H groups in total. The van der Waals surface area contributed by atoms with Crippen LogP contribution in [-0.2, 0) is 0 Å². The van der Waals surface area contributed by atoms with Crippen LogP contribution in [-0.4, -0.2) is 23.0 Å². The molecule has 0 spiro atoms. The second-order valence-electron chi connectivity index (χ2n) is 4.92. The van der Waals surface area contributed by atoms with E-state index in [-0.39, 0.29) is 18.5 Å². The van der Waals surface area contributed by atoms with E-state index in [4.69, 9.17) is 19.1 Å². The van der Waals surface area contributed by atoms with Gasteiger partial charge in [-0.25, -0.2) is 4.79 Å². The zero-order chi connectivity index (χ0) is 15.1. The van der Waals surface area contributed by atoms with Crippen molar-refractivity contribution in [2.24, 2.45) is 0 Å². The molecule has 2 aromatic rings. The summed E-state index contributed by atoms with van der Waals surface area (Å²) in [6.07, 6.45) is 0. The highest BCUT2D eigenvalue weighted by Gasteiger charge is 2.26. The van der Waals surface area contributed by atoms with Crippen molar-refractivity contribution in [2.45, 2.75) is 19.8 Å². The highest BCUT2D eigenvalue weighted by molar-refractivity contribution is 9.10. The van der Waals surface area contributed by atoms with Crippen LogP contribution in [0.15, 0.2) is 21.1 Å². The van der Waals surface area contributed by atoms with E-state index < -0.39 is 5.97 Å². The predicted molar refractivity (Wildman–Crippen MR) is 76.8 cm³/mol. The zero-order valence-electron chi connectivity index (χ0n) is 11.3. The Bertz CT molecular complexity index is 722. The van der Waals surface area contributed by atoms with E-state index in [1.54, 1.807) is 6.07 Å². The van der Waals surface area contributed by atoms with Crippen LogP contribution >= 0.6 is 15.9 Å². The zero-order valence-corrected chi connectivity index (χ0v) is 12.9. The molecule has 1 aliphatic heterocycles. The van der Waals surface area contributed by atoms with Gasteiger partial charge in [0.15, 0.2) is 11.5 Å². The Morgan fingerprint density at radius 1 is 1.38 bits per heavy atom. The first kappa shape index (κ1) is 13.9. The summed E-state index contributed by atoms with van der Waals surface area (Å²) < 4.78 is 16.5. The van der Waals surface area contributed by atoms with E-state index in [1.807, 2.05) is 13.8 Å². The molecule has 0 amide bonds. The van der Waals surface area contributed by atoms with E-state index >= 15 is 0 Å². The molecular weight excluding hydrogens is 342 g/mol. The van der Waals surface area contributed by atoms with E-state index in [9.17, 15) is 4.79 Å². The van der Waals surface area contributed by atoms with Gasteiger partial charge in [-0.3, -0.25) is 0 Å². The van der Waals surface area contributed by atoms with Gasteiger partial charge in [0.2, 0.25) is 12.6 Å². The fourth-order valence-corrected chi connectivity index (χ4v) is 3.28. The molecule has 0 radical (unpaired) electrons. The normalized spacial score (nSPS) is 13.0. The maximum absolute atomic E-state index is 10.9. The number of halogens is 1. The Morgan fingerprint density at radius 2 is 2.14 bits per heavy atom. The van der Waals surface area contributed by atoms with E-state index in [1.165, 1.54) is 6.07 Å². The number of fused-ring (bicyclic) bond motifs is 1. The minimum atomic E-state index is -1.15. The molecule has 0 unspecified atom stereocenters. The number of benzene rings is 1. The monoisotopic (exact) mass is 353 g/mol. The van der Waals surface area contributed by atoms with Crippen LogP contribution in [0.3, 0.4) is 0 Å². The van der Waals surface area contributed by atoms with Crippen molar-refractivity contribution in [1.82, 2.24) is 5.16 Å². The molecule has 1 aromatic carbocycles. The lowest BCUT2D eigenvalue weighted by Gasteiger charge is -2.15. The molecule has 0 bridgehead atoms. The van der Waals surface area contributed by atoms with Crippen molar-refractivity contribution in [1.29, 1.82) is 0 Å². The van der Waals surface area contributed by atoms with Gasteiger partial charge < -0.3 is 19.1 Å². The quantitative estimate of drug-likeness (QED) is 0.906. The van der Waals surface area contributed by atoms with E-state index in [2.05, 4.69) is 21.1 Å². The Morgan fingerprint density at radius 3 is 2.76 bits per heavy atom. The van der Waals surface area contributed by atoms with Gasteiger partial charge in [-0.15, -0.1) is 0 Å². The summed E-state index contributed by atoms with van der Waals surface area (Å²) >= 11 is 3.54.